The highest BCUT2D eigenvalue weighted by molar-refractivity contribution is 8.00. The Morgan fingerprint density at radius 2 is 1.90 bits per heavy atom. The van der Waals surface area contributed by atoms with Crippen molar-refractivity contribution in [3.8, 4) is 0 Å². The molecule has 4 heteroatoms. The highest BCUT2D eigenvalue weighted by Crippen LogP contribution is 2.35. The monoisotopic (exact) mass is 287 g/mol. The quantitative estimate of drug-likeness (QED) is 0.816. The average Bonchev–Trinajstić information content (AvgIpc) is 2.37. The van der Waals surface area contributed by atoms with Gasteiger partial charge in [-0.3, -0.25) is 4.98 Å². The Hall–Kier alpha value is -1.42. The van der Waals surface area contributed by atoms with Crippen molar-refractivity contribution in [1.29, 1.82) is 0 Å². The van der Waals surface area contributed by atoms with Gasteiger partial charge in [-0.05, 0) is 25.1 Å². The molecule has 1 aromatic heterocycles. The molecule has 0 radical (unpaired) electrons. The molecule has 1 saturated heterocycles. The van der Waals surface area contributed by atoms with Crippen LogP contribution in [0.4, 0.5) is 11.4 Å². The Labute approximate surface area is 124 Å². The van der Waals surface area contributed by atoms with Crippen LogP contribution in [-0.2, 0) is 0 Å². The van der Waals surface area contributed by atoms with E-state index >= 15 is 0 Å². The zero-order valence-electron chi connectivity index (χ0n) is 12.3. The zero-order chi connectivity index (χ0) is 14.3. The number of hydrogen-bond donors (Lipinski definition) is 1. The summed E-state index contributed by atoms with van der Waals surface area (Å²) in [5, 5.41) is 3.61. The molecular weight excluding hydrogens is 266 g/mol. The van der Waals surface area contributed by atoms with Crippen molar-refractivity contribution in [3.05, 3.63) is 30.1 Å². The van der Waals surface area contributed by atoms with Gasteiger partial charge in [0.05, 0.1) is 0 Å². The first-order valence-electron chi connectivity index (χ1n) is 7.10. The minimum atomic E-state index is 0.661. The number of rotatable bonds is 1. The van der Waals surface area contributed by atoms with E-state index in [0.717, 1.165) is 29.9 Å². The Balaban J connectivity index is 2.11. The fraction of sp³-hybridized carbons (Fsp3) is 0.438. The molecule has 2 unspecified atom stereocenters. The Morgan fingerprint density at radius 1 is 1.20 bits per heavy atom. The second-order valence-corrected chi connectivity index (χ2v) is 7.59. The smallest absolute Gasteiger partial charge is 0.0449 e. The van der Waals surface area contributed by atoms with Gasteiger partial charge >= 0.3 is 0 Å². The molecule has 3 rings (SSSR count). The average molecular weight is 287 g/mol. The third kappa shape index (κ3) is 2.44. The van der Waals surface area contributed by atoms with E-state index in [0.29, 0.717) is 10.5 Å². The van der Waals surface area contributed by atoms with Gasteiger partial charge in [0.2, 0.25) is 0 Å². The standard InChI is InChI=1S/C16H21N3S/c1-10-6-13-14(7-18-10)15(17)4-5-16(13)19-8-11(2)20-12(3)9-19/h4-7,11-12H,8-9,17H2,1-3H3. The highest BCUT2D eigenvalue weighted by Gasteiger charge is 2.23. The summed E-state index contributed by atoms with van der Waals surface area (Å²) in [6.45, 7) is 8.83. The molecular formula is C16H21N3S. The lowest BCUT2D eigenvalue weighted by molar-refractivity contribution is 0.730. The zero-order valence-corrected chi connectivity index (χ0v) is 13.1. The number of benzene rings is 1. The van der Waals surface area contributed by atoms with E-state index in [4.69, 9.17) is 5.73 Å². The summed E-state index contributed by atoms with van der Waals surface area (Å²) in [4.78, 5) is 6.87. The van der Waals surface area contributed by atoms with Crippen LogP contribution < -0.4 is 10.6 Å². The molecule has 2 aromatic rings. The number of aromatic nitrogens is 1. The van der Waals surface area contributed by atoms with E-state index in [2.05, 4.69) is 47.6 Å². The third-order valence-corrected chi connectivity index (χ3v) is 5.04. The Morgan fingerprint density at radius 3 is 2.60 bits per heavy atom. The summed E-state index contributed by atoms with van der Waals surface area (Å²) in [6, 6.07) is 6.32. The van der Waals surface area contributed by atoms with Crippen LogP contribution in [0, 0.1) is 6.92 Å². The second kappa shape index (κ2) is 5.17. The number of anilines is 2. The maximum atomic E-state index is 6.10. The van der Waals surface area contributed by atoms with E-state index in [9.17, 15) is 0 Å². The van der Waals surface area contributed by atoms with Crippen LogP contribution in [0.2, 0.25) is 0 Å². The third-order valence-electron chi connectivity index (χ3n) is 3.81. The van der Waals surface area contributed by atoms with Gasteiger partial charge in [-0.25, -0.2) is 0 Å². The van der Waals surface area contributed by atoms with Crippen molar-refractivity contribution < 1.29 is 0 Å². The SMILES string of the molecule is Cc1cc2c(N3CC(C)SC(C)C3)ccc(N)c2cn1. The number of fused-ring (bicyclic) bond motifs is 1. The summed E-state index contributed by atoms with van der Waals surface area (Å²) in [7, 11) is 0. The van der Waals surface area contributed by atoms with Gasteiger partial charge in [-0.2, -0.15) is 11.8 Å². The van der Waals surface area contributed by atoms with Crippen molar-refractivity contribution in [2.75, 3.05) is 23.7 Å². The number of nitrogens with two attached hydrogens (primary N) is 1. The van der Waals surface area contributed by atoms with Crippen molar-refractivity contribution in [2.45, 2.75) is 31.3 Å². The van der Waals surface area contributed by atoms with Crippen LogP contribution in [0.25, 0.3) is 10.8 Å². The number of pyridine rings is 1. The molecule has 0 spiro atoms. The largest absolute Gasteiger partial charge is 0.398 e. The topological polar surface area (TPSA) is 42.1 Å². The van der Waals surface area contributed by atoms with E-state index in [1.165, 1.54) is 11.1 Å². The molecule has 2 N–H and O–H groups in total. The molecule has 0 amide bonds. The van der Waals surface area contributed by atoms with Crippen molar-refractivity contribution in [3.63, 3.8) is 0 Å². The predicted molar refractivity (Wildman–Crippen MR) is 89.6 cm³/mol. The van der Waals surface area contributed by atoms with Crippen LogP contribution >= 0.6 is 11.8 Å². The molecule has 1 aromatic carbocycles. The maximum absolute atomic E-state index is 6.10. The summed E-state index contributed by atoms with van der Waals surface area (Å²) < 4.78 is 0. The molecule has 3 nitrogen and oxygen atoms in total. The summed E-state index contributed by atoms with van der Waals surface area (Å²) in [6.07, 6.45) is 1.90. The summed E-state index contributed by atoms with van der Waals surface area (Å²) in [5.41, 5.74) is 9.23. The van der Waals surface area contributed by atoms with Crippen LogP contribution in [0.5, 0.6) is 0 Å². The van der Waals surface area contributed by atoms with E-state index < -0.39 is 0 Å². The van der Waals surface area contributed by atoms with Gasteiger partial charge in [0, 0.05) is 57.6 Å². The predicted octanol–water partition coefficient (Wildman–Crippen LogP) is 3.46. The number of hydrogen-bond acceptors (Lipinski definition) is 4. The van der Waals surface area contributed by atoms with E-state index in [1.807, 2.05) is 19.2 Å². The van der Waals surface area contributed by atoms with Crippen molar-refractivity contribution in [1.82, 2.24) is 4.98 Å². The van der Waals surface area contributed by atoms with Crippen molar-refractivity contribution >= 4 is 33.9 Å². The Bertz CT molecular complexity index is 631. The van der Waals surface area contributed by atoms with E-state index in [1.54, 1.807) is 0 Å². The van der Waals surface area contributed by atoms with Crippen LogP contribution in [0.3, 0.4) is 0 Å². The van der Waals surface area contributed by atoms with Gasteiger partial charge < -0.3 is 10.6 Å². The van der Waals surface area contributed by atoms with Crippen molar-refractivity contribution in [2.24, 2.45) is 0 Å². The minimum Gasteiger partial charge on any atom is -0.398 e. The van der Waals surface area contributed by atoms with Crippen LogP contribution in [0.15, 0.2) is 24.4 Å². The molecule has 2 atom stereocenters. The van der Waals surface area contributed by atoms with Gasteiger partial charge in [0.1, 0.15) is 0 Å². The fourth-order valence-corrected chi connectivity index (χ4v) is 4.33. The molecule has 106 valence electrons. The lowest BCUT2D eigenvalue weighted by Crippen LogP contribution is -2.40. The first-order chi connectivity index (χ1) is 9.54. The summed E-state index contributed by atoms with van der Waals surface area (Å²) in [5.74, 6) is 0. The lowest BCUT2D eigenvalue weighted by Gasteiger charge is -2.37. The molecule has 2 heterocycles. The fourth-order valence-electron chi connectivity index (χ4n) is 3.00. The highest BCUT2D eigenvalue weighted by atomic mass is 32.2. The minimum absolute atomic E-state index is 0.661. The number of thioether (sulfide) groups is 1. The number of aryl methyl sites for hydroxylation is 1. The van der Waals surface area contributed by atoms with Gasteiger partial charge in [0.25, 0.3) is 0 Å². The normalized spacial score (nSPS) is 23.2. The molecule has 1 aliphatic heterocycles. The molecule has 0 bridgehead atoms. The molecule has 0 saturated carbocycles. The number of nitrogens with zero attached hydrogens (tertiary/aromatic N) is 2. The lowest BCUT2D eigenvalue weighted by atomic mass is 10.1. The summed E-state index contributed by atoms with van der Waals surface area (Å²) >= 11 is 2.07. The molecule has 0 aliphatic carbocycles. The Kier molecular flexibility index (Phi) is 3.50. The molecule has 20 heavy (non-hydrogen) atoms. The molecule has 1 fully saturated rings. The van der Waals surface area contributed by atoms with Gasteiger partial charge in [-0.1, -0.05) is 13.8 Å². The van der Waals surface area contributed by atoms with Crippen LogP contribution in [0.1, 0.15) is 19.5 Å². The van der Waals surface area contributed by atoms with Crippen LogP contribution in [-0.4, -0.2) is 28.6 Å². The van der Waals surface area contributed by atoms with Gasteiger partial charge in [0.15, 0.2) is 0 Å². The first kappa shape index (κ1) is 13.6. The number of nitrogen functional groups attached to an aromatic ring is 1. The second-order valence-electron chi connectivity index (χ2n) is 5.71. The molecule has 1 aliphatic rings. The first-order valence-corrected chi connectivity index (χ1v) is 8.04. The van der Waals surface area contributed by atoms with E-state index in [-0.39, 0.29) is 0 Å². The van der Waals surface area contributed by atoms with Gasteiger partial charge in [-0.15, -0.1) is 0 Å². The maximum Gasteiger partial charge on any atom is 0.0449 e.